The maximum absolute atomic E-state index is 12.6. The van der Waals surface area contributed by atoms with Gasteiger partial charge in [0, 0.05) is 49.9 Å². The summed E-state index contributed by atoms with van der Waals surface area (Å²) in [6, 6.07) is 9.10. The van der Waals surface area contributed by atoms with Crippen molar-refractivity contribution in [2.24, 2.45) is 0 Å². The second kappa shape index (κ2) is 12.1. The van der Waals surface area contributed by atoms with E-state index in [0.29, 0.717) is 61.0 Å². The van der Waals surface area contributed by atoms with Crippen LogP contribution in [0.3, 0.4) is 0 Å². The number of hydrogen-bond donors (Lipinski definition) is 3. The minimum absolute atomic E-state index is 0.116. The molecule has 1 aromatic carbocycles. The van der Waals surface area contributed by atoms with Crippen molar-refractivity contribution in [3.8, 4) is 11.5 Å². The van der Waals surface area contributed by atoms with Crippen molar-refractivity contribution >= 4 is 35.5 Å². The van der Waals surface area contributed by atoms with Gasteiger partial charge in [0.05, 0.1) is 27.4 Å². The molecule has 0 saturated carbocycles. The van der Waals surface area contributed by atoms with Crippen LogP contribution >= 0.6 is 0 Å². The van der Waals surface area contributed by atoms with E-state index in [2.05, 4.69) is 35.7 Å². The summed E-state index contributed by atoms with van der Waals surface area (Å²) in [5.41, 5.74) is 1.77. The Morgan fingerprint density at radius 1 is 1.03 bits per heavy atom. The van der Waals surface area contributed by atoms with Crippen LogP contribution in [0.2, 0.25) is 0 Å². The number of rotatable bonds is 10. The lowest BCUT2D eigenvalue weighted by atomic mass is 10.2. The molecule has 190 valence electrons. The third-order valence-electron chi connectivity index (χ3n) is 5.53. The van der Waals surface area contributed by atoms with E-state index in [4.69, 9.17) is 14.2 Å². The van der Waals surface area contributed by atoms with Crippen LogP contribution in [-0.2, 0) is 9.53 Å². The Morgan fingerprint density at radius 3 is 2.42 bits per heavy atom. The number of benzene rings is 1. The van der Waals surface area contributed by atoms with Gasteiger partial charge in [-0.2, -0.15) is 5.10 Å². The van der Waals surface area contributed by atoms with Crippen molar-refractivity contribution in [2.75, 3.05) is 57.7 Å². The van der Waals surface area contributed by atoms with Crippen LogP contribution in [0.1, 0.15) is 23.5 Å². The highest BCUT2D eigenvalue weighted by Gasteiger charge is 2.13. The minimum atomic E-state index is -0.116. The Labute approximate surface area is 209 Å². The van der Waals surface area contributed by atoms with Crippen LogP contribution < -0.4 is 20.1 Å². The van der Waals surface area contributed by atoms with Crippen LogP contribution in [0.4, 0.5) is 17.5 Å². The van der Waals surface area contributed by atoms with Gasteiger partial charge in [0.25, 0.3) is 0 Å². The number of aromatic nitrogens is 4. The number of H-pyrrole nitrogens is 1. The zero-order valence-corrected chi connectivity index (χ0v) is 20.7. The summed E-state index contributed by atoms with van der Waals surface area (Å²) in [6.45, 7) is 5.65. The maximum atomic E-state index is 12.6. The van der Waals surface area contributed by atoms with E-state index < -0.39 is 0 Å². The van der Waals surface area contributed by atoms with E-state index >= 15 is 0 Å². The van der Waals surface area contributed by atoms with Gasteiger partial charge in [-0.05, 0) is 30.7 Å². The van der Waals surface area contributed by atoms with Crippen LogP contribution in [0.5, 0.6) is 11.5 Å². The predicted molar refractivity (Wildman–Crippen MR) is 138 cm³/mol. The average Bonchev–Trinajstić information content (AvgIpc) is 3.30. The lowest BCUT2D eigenvalue weighted by molar-refractivity contribution is -0.116. The van der Waals surface area contributed by atoms with E-state index in [0.717, 1.165) is 24.3 Å². The van der Waals surface area contributed by atoms with Crippen molar-refractivity contribution in [1.82, 2.24) is 25.1 Å². The summed E-state index contributed by atoms with van der Waals surface area (Å²) in [5, 5.41) is 13.1. The Kier molecular flexibility index (Phi) is 8.48. The van der Waals surface area contributed by atoms with E-state index in [1.54, 1.807) is 32.4 Å². The molecule has 0 bridgehead atoms. The van der Waals surface area contributed by atoms with Gasteiger partial charge in [0.2, 0.25) is 5.91 Å². The number of methoxy groups -OCH3 is 2. The molecule has 0 aliphatic carbocycles. The molecule has 3 aromatic rings. The number of anilines is 3. The fourth-order valence-corrected chi connectivity index (χ4v) is 3.67. The molecule has 3 N–H and O–H groups in total. The van der Waals surface area contributed by atoms with E-state index in [9.17, 15) is 4.79 Å². The summed E-state index contributed by atoms with van der Waals surface area (Å²) in [4.78, 5) is 23.9. The van der Waals surface area contributed by atoms with Crippen molar-refractivity contribution in [3.63, 3.8) is 0 Å². The molecule has 2 aromatic heterocycles. The molecule has 11 nitrogen and oxygen atoms in total. The van der Waals surface area contributed by atoms with E-state index in [1.165, 1.54) is 0 Å². The van der Waals surface area contributed by atoms with Crippen molar-refractivity contribution < 1.29 is 19.0 Å². The highest BCUT2D eigenvalue weighted by molar-refractivity contribution is 5.90. The first kappa shape index (κ1) is 25.1. The van der Waals surface area contributed by atoms with Gasteiger partial charge in [0.15, 0.2) is 11.6 Å². The molecular formula is C25H31N7O4. The highest BCUT2D eigenvalue weighted by atomic mass is 16.5. The predicted octanol–water partition coefficient (Wildman–Crippen LogP) is 3.10. The van der Waals surface area contributed by atoms with Crippen molar-refractivity contribution in [1.29, 1.82) is 0 Å². The van der Waals surface area contributed by atoms with Gasteiger partial charge < -0.3 is 24.8 Å². The Hall–Kier alpha value is -3.96. The number of morpholine rings is 1. The second-order valence-corrected chi connectivity index (χ2v) is 8.29. The molecular weight excluding hydrogens is 462 g/mol. The number of carbonyl (C=O) groups is 1. The first-order valence-corrected chi connectivity index (χ1v) is 11.7. The molecule has 1 amide bonds. The van der Waals surface area contributed by atoms with Gasteiger partial charge in [-0.15, -0.1) is 0 Å². The molecule has 11 heteroatoms. The fourth-order valence-electron chi connectivity index (χ4n) is 3.67. The van der Waals surface area contributed by atoms with E-state index in [1.807, 2.05) is 31.2 Å². The number of nitrogens with zero attached hydrogens (tertiary/aromatic N) is 4. The largest absolute Gasteiger partial charge is 0.497 e. The normalized spacial score (nSPS) is 14.1. The molecule has 0 radical (unpaired) electrons. The summed E-state index contributed by atoms with van der Waals surface area (Å²) in [5.74, 6) is 3.16. The summed E-state index contributed by atoms with van der Waals surface area (Å²) in [6.07, 6.45) is 3.98. The smallest absolute Gasteiger partial charge is 0.226 e. The van der Waals surface area contributed by atoms with Crippen molar-refractivity contribution in [2.45, 2.75) is 13.3 Å². The number of aromatic amines is 1. The molecule has 1 saturated heterocycles. The number of amides is 1. The highest BCUT2D eigenvalue weighted by Crippen LogP contribution is 2.24. The SMILES string of the molecule is COc1cc(/C=C/c2nc(NC(=O)CCN3CCOCC3)cc(Nc3cc(C)[nH]n3)n2)cc(OC)c1. The van der Waals surface area contributed by atoms with Crippen LogP contribution in [-0.4, -0.2) is 78.0 Å². The van der Waals surface area contributed by atoms with Gasteiger partial charge in [-0.25, -0.2) is 9.97 Å². The number of hydrogen-bond acceptors (Lipinski definition) is 9. The molecule has 0 atom stereocenters. The summed E-state index contributed by atoms with van der Waals surface area (Å²) >= 11 is 0. The Bertz CT molecular complexity index is 1180. The Balaban J connectivity index is 1.52. The second-order valence-electron chi connectivity index (χ2n) is 8.29. The lowest BCUT2D eigenvalue weighted by Gasteiger charge is -2.26. The molecule has 0 spiro atoms. The number of ether oxygens (including phenoxy) is 3. The van der Waals surface area contributed by atoms with Gasteiger partial charge in [-0.3, -0.25) is 14.8 Å². The molecule has 36 heavy (non-hydrogen) atoms. The first-order chi connectivity index (χ1) is 17.5. The fraction of sp³-hybridized carbons (Fsp3) is 0.360. The topological polar surface area (TPSA) is 127 Å². The van der Waals surface area contributed by atoms with Gasteiger partial charge in [-0.1, -0.05) is 6.08 Å². The molecule has 1 aliphatic rings. The van der Waals surface area contributed by atoms with E-state index in [-0.39, 0.29) is 5.91 Å². The average molecular weight is 494 g/mol. The molecule has 0 unspecified atom stereocenters. The standard InChI is InChI=1S/C25H31N7O4/c1-17-12-24(31-30-17)28-22-16-23(29-25(33)6-7-32-8-10-36-11-9-32)27-21(26-22)5-4-18-13-19(34-2)15-20(14-18)35-3/h4-5,12-16H,6-11H2,1-3H3,(H3,26,27,28,29,30,31,33)/b5-4+. The monoisotopic (exact) mass is 493 g/mol. The molecule has 4 rings (SSSR count). The molecule has 1 fully saturated rings. The molecule has 1 aliphatic heterocycles. The first-order valence-electron chi connectivity index (χ1n) is 11.7. The van der Waals surface area contributed by atoms with Crippen LogP contribution in [0, 0.1) is 6.92 Å². The van der Waals surface area contributed by atoms with Crippen molar-refractivity contribution in [3.05, 3.63) is 47.4 Å². The van der Waals surface area contributed by atoms with Gasteiger partial charge >= 0.3 is 0 Å². The Morgan fingerprint density at radius 2 is 1.75 bits per heavy atom. The quantitative estimate of drug-likeness (QED) is 0.390. The molecule has 3 heterocycles. The number of carbonyl (C=O) groups excluding carboxylic acids is 1. The summed E-state index contributed by atoms with van der Waals surface area (Å²) in [7, 11) is 3.20. The van der Waals surface area contributed by atoms with Crippen LogP contribution in [0.25, 0.3) is 12.2 Å². The maximum Gasteiger partial charge on any atom is 0.226 e. The third kappa shape index (κ3) is 7.27. The van der Waals surface area contributed by atoms with Crippen LogP contribution in [0.15, 0.2) is 30.3 Å². The third-order valence-corrected chi connectivity index (χ3v) is 5.53. The number of nitrogens with one attached hydrogen (secondary N) is 3. The summed E-state index contributed by atoms with van der Waals surface area (Å²) < 4.78 is 16.1. The van der Waals surface area contributed by atoms with Gasteiger partial charge in [0.1, 0.15) is 23.1 Å². The zero-order valence-electron chi connectivity index (χ0n) is 20.7. The minimum Gasteiger partial charge on any atom is -0.497 e. The zero-order chi connectivity index (χ0) is 25.3. The lowest BCUT2D eigenvalue weighted by Crippen LogP contribution is -2.38. The number of aryl methyl sites for hydroxylation is 1.